The minimum atomic E-state index is -0.126. The van der Waals surface area contributed by atoms with Gasteiger partial charge in [-0.25, -0.2) is 9.78 Å². The Kier molecular flexibility index (Phi) is 5.41. The average molecular weight is 302 g/mol. The second-order valence-corrected chi connectivity index (χ2v) is 5.17. The molecule has 0 aliphatic heterocycles. The van der Waals surface area contributed by atoms with Crippen LogP contribution in [0.1, 0.15) is 18.3 Å². The molecule has 1 heterocycles. The number of methoxy groups -OCH3 is 1. The maximum atomic E-state index is 12.2. The van der Waals surface area contributed by atoms with E-state index >= 15 is 0 Å². The molecule has 0 saturated heterocycles. The van der Waals surface area contributed by atoms with Gasteiger partial charge in [-0.1, -0.05) is 18.2 Å². The summed E-state index contributed by atoms with van der Waals surface area (Å²) >= 11 is 0. The first-order chi connectivity index (χ1) is 10.6. The molecule has 118 valence electrons. The number of ether oxygens (including phenoxy) is 1. The Morgan fingerprint density at radius 1 is 1.45 bits per heavy atom. The Bertz CT molecular complexity index is 598. The van der Waals surface area contributed by atoms with Gasteiger partial charge >= 0.3 is 6.03 Å². The van der Waals surface area contributed by atoms with Gasteiger partial charge in [0.2, 0.25) is 0 Å². The first-order valence-electron chi connectivity index (χ1n) is 7.22. The van der Waals surface area contributed by atoms with Crippen LogP contribution in [0.5, 0.6) is 5.75 Å². The van der Waals surface area contributed by atoms with E-state index in [0.29, 0.717) is 6.54 Å². The van der Waals surface area contributed by atoms with Gasteiger partial charge in [-0.15, -0.1) is 0 Å². The fourth-order valence-electron chi connectivity index (χ4n) is 2.21. The van der Waals surface area contributed by atoms with E-state index < -0.39 is 0 Å². The number of para-hydroxylation sites is 1. The van der Waals surface area contributed by atoms with Crippen LogP contribution in [0.15, 0.2) is 36.7 Å². The molecule has 1 atom stereocenters. The molecule has 2 N–H and O–H groups in total. The summed E-state index contributed by atoms with van der Waals surface area (Å²) in [4.78, 5) is 20.9. The Morgan fingerprint density at radius 3 is 2.91 bits per heavy atom. The largest absolute Gasteiger partial charge is 0.496 e. The monoisotopic (exact) mass is 302 g/mol. The Morgan fingerprint density at radius 2 is 2.23 bits per heavy atom. The number of aromatic nitrogens is 2. The lowest BCUT2D eigenvalue weighted by Crippen LogP contribution is -2.43. The molecule has 0 aliphatic carbocycles. The maximum absolute atomic E-state index is 12.2. The third-order valence-electron chi connectivity index (χ3n) is 3.65. The zero-order valence-electron chi connectivity index (χ0n) is 13.2. The van der Waals surface area contributed by atoms with Crippen molar-refractivity contribution in [3.05, 3.63) is 48.0 Å². The fraction of sp³-hybridized carbons (Fsp3) is 0.375. The molecule has 6 heteroatoms. The SMILES string of the molecule is COc1ccccc1C[C@@H](C)N(C)C(=O)NCc1ncc[nH]1. The Balaban J connectivity index is 1.90. The molecule has 2 amide bonds. The number of H-pyrrole nitrogens is 1. The van der Waals surface area contributed by atoms with Crippen LogP contribution in [0.4, 0.5) is 4.79 Å². The van der Waals surface area contributed by atoms with Crippen LogP contribution in [-0.2, 0) is 13.0 Å². The van der Waals surface area contributed by atoms with Crippen LogP contribution in [0.25, 0.3) is 0 Å². The van der Waals surface area contributed by atoms with Crippen LogP contribution in [0.2, 0.25) is 0 Å². The van der Waals surface area contributed by atoms with Gasteiger partial charge in [0.05, 0.1) is 13.7 Å². The summed E-state index contributed by atoms with van der Waals surface area (Å²) < 4.78 is 5.35. The van der Waals surface area contributed by atoms with Gasteiger partial charge in [-0.2, -0.15) is 0 Å². The summed E-state index contributed by atoms with van der Waals surface area (Å²) in [6.45, 7) is 2.40. The van der Waals surface area contributed by atoms with E-state index in [9.17, 15) is 4.79 Å². The second-order valence-electron chi connectivity index (χ2n) is 5.17. The molecule has 0 aliphatic rings. The number of aromatic amines is 1. The predicted octanol–water partition coefficient (Wildman–Crippen LogP) is 2.19. The number of carbonyl (C=O) groups is 1. The van der Waals surface area contributed by atoms with Crippen molar-refractivity contribution in [3.63, 3.8) is 0 Å². The van der Waals surface area contributed by atoms with Gasteiger partial charge in [0.15, 0.2) is 0 Å². The lowest BCUT2D eigenvalue weighted by molar-refractivity contribution is 0.192. The lowest BCUT2D eigenvalue weighted by Gasteiger charge is -2.25. The van der Waals surface area contributed by atoms with Crippen molar-refractivity contribution in [3.8, 4) is 5.75 Å². The summed E-state index contributed by atoms with van der Waals surface area (Å²) in [6, 6.07) is 7.78. The number of benzene rings is 1. The molecule has 0 spiro atoms. The third-order valence-corrected chi connectivity index (χ3v) is 3.65. The third kappa shape index (κ3) is 4.00. The van der Waals surface area contributed by atoms with Crippen molar-refractivity contribution in [2.45, 2.75) is 25.9 Å². The van der Waals surface area contributed by atoms with Crippen molar-refractivity contribution < 1.29 is 9.53 Å². The molecule has 0 bridgehead atoms. The smallest absolute Gasteiger partial charge is 0.317 e. The minimum absolute atomic E-state index is 0.0490. The van der Waals surface area contributed by atoms with Gasteiger partial charge in [0.1, 0.15) is 11.6 Å². The van der Waals surface area contributed by atoms with E-state index in [2.05, 4.69) is 15.3 Å². The molecule has 2 aromatic rings. The molecule has 0 unspecified atom stereocenters. The van der Waals surface area contributed by atoms with Crippen LogP contribution in [0.3, 0.4) is 0 Å². The molecule has 0 fully saturated rings. The van der Waals surface area contributed by atoms with Gasteiger partial charge in [0, 0.05) is 25.5 Å². The number of hydrogen-bond acceptors (Lipinski definition) is 3. The van der Waals surface area contributed by atoms with Crippen molar-refractivity contribution >= 4 is 6.03 Å². The first kappa shape index (κ1) is 15.9. The molecular formula is C16H22N4O2. The number of rotatable bonds is 6. The van der Waals surface area contributed by atoms with Gasteiger partial charge in [-0.05, 0) is 25.0 Å². The van der Waals surface area contributed by atoms with Crippen molar-refractivity contribution in [2.24, 2.45) is 0 Å². The van der Waals surface area contributed by atoms with E-state index in [1.165, 1.54) is 0 Å². The minimum Gasteiger partial charge on any atom is -0.496 e. The number of urea groups is 1. The first-order valence-corrected chi connectivity index (χ1v) is 7.22. The zero-order chi connectivity index (χ0) is 15.9. The number of amides is 2. The van der Waals surface area contributed by atoms with Gasteiger partial charge in [0.25, 0.3) is 0 Å². The molecule has 1 aromatic heterocycles. The normalized spacial score (nSPS) is 11.8. The average Bonchev–Trinajstić information content (AvgIpc) is 3.05. The van der Waals surface area contributed by atoms with E-state index in [1.54, 1.807) is 31.5 Å². The predicted molar refractivity (Wildman–Crippen MR) is 84.7 cm³/mol. The number of likely N-dealkylation sites (N-methyl/N-ethyl adjacent to an activating group) is 1. The van der Waals surface area contributed by atoms with Gasteiger partial charge in [-0.3, -0.25) is 0 Å². The quantitative estimate of drug-likeness (QED) is 0.859. The number of nitrogens with one attached hydrogen (secondary N) is 2. The highest BCUT2D eigenvalue weighted by atomic mass is 16.5. The molecule has 2 rings (SSSR count). The summed E-state index contributed by atoms with van der Waals surface area (Å²) in [5, 5.41) is 2.84. The van der Waals surface area contributed by atoms with E-state index in [0.717, 1.165) is 23.6 Å². The fourth-order valence-corrected chi connectivity index (χ4v) is 2.21. The molecule has 6 nitrogen and oxygen atoms in total. The number of carbonyl (C=O) groups excluding carboxylic acids is 1. The summed E-state index contributed by atoms with van der Waals surface area (Å²) in [6.07, 6.45) is 4.12. The van der Waals surface area contributed by atoms with Crippen LogP contribution in [-0.4, -0.2) is 41.1 Å². The molecule has 1 aromatic carbocycles. The highest BCUT2D eigenvalue weighted by molar-refractivity contribution is 5.74. The summed E-state index contributed by atoms with van der Waals surface area (Å²) in [5.74, 6) is 1.58. The topological polar surface area (TPSA) is 70.2 Å². The number of imidazole rings is 1. The summed E-state index contributed by atoms with van der Waals surface area (Å²) in [5.41, 5.74) is 1.09. The molecule has 0 radical (unpaired) electrons. The second kappa shape index (κ2) is 7.49. The molecule has 0 saturated carbocycles. The Hall–Kier alpha value is -2.50. The lowest BCUT2D eigenvalue weighted by atomic mass is 10.1. The van der Waals surface area contributed by atoms with Crippen LogP contribution >= 0.6 is 0 Å². The molecular weight excluding hydrogens is 280 g/mol. The van der Waals surface area contributed by atoms with Crippen LogP contribution < -0.4 is 10.1 Å². The Labute approximate surface area is 130 Å². The zero-order valence-corrected chi connectivity index (χ0v) is 13.2. The van der Waals surface area contributed by atoms with E-state index in [4.69, 9.17) is 4.74 Å². The number of nitrogens with zero attached hydrogens (tertiary/aromatic N) is 2. The van der Waals surface area contributed by atoms with Crippen molar-refractivity contribution in [1.82, 2.24) is 20.2 Å². The highest BCUT2D eigenvalue weighted by Gasteiger charge is 2.17. The van der Waals surface area contributed by atoms with Gasteiger partial charge < -0.3 is 19.9 Å². The maximum Gasteiger partial charge on any atom is 0.317 e. The van der Waals surface area contributed by atoms with E-state index in [-0.39, 0.29) is 12.1 Å². The standard InChI is InChI=1S/C16H22N4O2/c1-12(10-13-6-4-5-7-14(13)22-3)20(2)16(21)19-11-15-17-8-9-18-15/h4-9,12H,10-11H2,1-3H3,(H,17,18)(H,19,21)/t12-/m1/s1. The molecule has 22 heavy (non-hydrogen) atoms. The highest BCUT2D eigenvalue weighted by Crippen LogP contribution is 2.20. The van der Waals surface area contributed by atoms with Crippen LogP contribution in [0, 0.1) is 0 Å². The summed E-state index contributed by atoms with van der Waals surface area (Å²) in [7, 11) is 3.45. The van der Waals surface area contributed by atoms with Crippen molar-refractivity contribution in [1.29, 1.82) is 0 Å². The van der Waals surface area contributed by atoms with E-state index in [1.807, 2.05) is 31.2 Å². The van der Waals surface area contributed by atoms with Crippen molar-refractivity contribution in [2.75, 3.05) is 14.2 Å². The number of hydrogen-bond donors (Lipinski definition) is 2.